The summed E-state index contributed by atoms with van der Waals surface area (Å²) in [6.45, 7) is 1.38. The first kappa shape index (κ1) is 15.7. The summed E-state index contributed by atoms with van der Waals surface area (Å²) in [7, 11) is 2.01. The highest BCUT2D eigenvalue weighted by Gasteiger charge is 2.26. The van der Waals surface area contributed by atoms with Crippen molar-refractivity contribution in [3.63, 3.8) is 0 Å². The van der Waals surface area contributed by atoms with E-state index in [0.29, 0.717) is 6.54 Å². The molecule has 5 rings (SSSR count). The molecule has 5 heteroatoms. The Bertz CT molecular complexity index is 1170. The highest BCUT2D eigenvalue weighted by atomic mass is 79.9. The van der Waals surface area contributed by atoms with Crippen molar-refractivity contribution in [3.8, 4) is 0 Å². The van der Waals surface area contributed by atoms with E-state index in [2.05, 4.69) is 37.6 Å². The van der Waals surface area contributed by atoms with Gasteiger partial charge in [-0.1, -0.05) is 18.2 Å². The summed E-state index contributed by atoms with van der Waals surface area (Å²) in [6, 6.07) is 14.2. The zero-order chi connectivity index (χ0) is 17.8. The van der Waals surface area contributed by atoms with E-state index in [1.54, 1.807) is 0 Å². The minimum Gasteiger partial charge on any atom is -0.357 e. The van der Waals surface area contributed by atoms with Crippen molar-refractivity contribution in [2.75, 3.05) is 6.54 Å². The molecule has 0 atom stereocenters. The van der Waals surface area contributed by atoms with Gasteiger partial charge in [0.25, 0.3) is 5.91 Å². The molecule has 0 radical (unpaired) electrons. The molecule has 1 aliphatic rings. The van der Waals surface area contributed by atoms with Crippen LogP contribution in [0.3, 0.4) is 0 Å². The molecule has 0 aliphatic carbocycles. The fraction of sp³-hybridized carbons (Fsp3) is 0.190. The molecule has 0 spiro atoms. The number of hydrogen-bond acceptors (Lipinski definition) is 1. The maximum absolute atomic E-state index is 13.3. The Labute approximate surface area is 159 Å². The molecule has 2 aromatic heterocycles. The first-order valence-corrected chi connectivity index (χ1v) is 9.54. The van der Waals surface area contributed by atoms with Gasteiger partial charge in [-0.2, -0.15) is 0 Å². The van der Waals surface area contributed by atoms with Gasteiger partial charge in [0.15, 0.2) is 0 Å². The Kier molecular flexibility index (Phi) is 3.47. The number of halogens is 1. The fourth-order valence-corrected chi connectivity index (χ4v) is 4.50. The summed E-state index contributed by atoms with van der Waals surface area (Å²) >= 11 is 3.62. The third-order valence-electron chi connectivity index (χ3n) is 5.41. The van der Waals surface area contributed by atoms with Crippen LogP contribution < -0.4 is 0 Å². The van der Waals surface area contributed by atoms with Crippen molar-refractivity contribution in [2.45, 2.75) is 13.0 Å². The Hall–Kier alpha value is -2.53. The van der Waals surface area contributed by atoms with Crippen molar-refractivity contribution in [1.82, 2.24) is 14.5 Å². The van der Waals surface area contributed by atoms with Gasteiger partial charge < -0.3 is 14.5 Å². The number of nitrogens with zero attached hydrogens (tertiary/aromatic N) is 2. The van der Waals surface area contributed by atoms with E-state index in [9.17, 15) is 4.79 Å². The normalized spacial score (nSPS) is 14.2. The summed E-state index contributed by atoms with van der Waals surface area (Å²) in [5.41, 5.74) is 5.48. The minimum atomic E-state index is 0.108. The van der Waals surface area contributed by atoms with Gasteiger partial charge in [-0.25, -0.2) is 0 Å². The summed E-state index contributed by atoms with van der Waals surface area (Å²) in [6.07, 6.45) is 2.86. The number of aromatic nitrogens is 2. The van der Waals surface area contributed by atoms with Gasteiger partial charge in [0.05, 0.1) is 5.52 Å². The third-order valence-corrected chi connectivity index (χ3v) is 6.07. The minimum absolute atomic E-state index is 0.108. The molecule has 4 nitrogen and oxygen atoms in total. The predicted molar refractivity (Wildman–Crippen MR) is 107 cm³/mol. The lowest BCUT2D eigenvalue weighted by molar-refractivity contribution is 0.0737. The average Bonchev–Trinajstić information content (AvgIpc) is 3.22. The second-order valence-electron chi connectivity index (χ2n) is 6.89. The molecule has 1 amide bonds. The summed E-state index contributed by atoms with van der Waals surface area (Å²) in [5, 5.41) is 2.22. The molecule has 0 unspecified atom stereocenters. The van der Waals surface area contributed by atoms with Gasteiger partial charge in [0.1, 0.15) is 0 Å². The first-order chi connectivity index (χ1) is 12.6. The Morgan fingerprint density at radius 1 is 1.12 bits per heavy atom. The fourth-order valence-electron chi connectivity index (χ4n) is 4.03. The molecule has 1 aliphatic heterocycles. The zero-order valence-corrected chi connectivity index (χ0v) is 16.0. The highest BCUT2D eigenvalue weighted by molar-refractivity contribution is 9.10. The highest BCUT2D eigenvalue weighted by Crippen LogP contribution is 2.32. The van der Waals surface area contributed by atoms with Crippen molar-refractivity contribution >= 4 is 43.6 Å². The predicted octanol–water partition coefficient (Wildman–Crippen LogP) is 4.62. The van der Waals surface area contributed by atoms with E-state index >= 15 is 0 Å². The van der Waals surface area contributed by atoms with Crippen LogP contribution >= 0.6 is 15.9 Å². The standard InChI is InChI=1S/C21H18BrN3O/c1-24-10-8-13-15(5-3-7-19(13)24)21(26)25-11-9-18-16(12-25)14-4-2-6-17(22)20(14)23-18/h2-8,10,23H,9,11-12H2,1H3. The van der Waals surface area contributed by atoms with E-state index < -0.39 is 0 Å². The number of benzene rings is 2. The molecule has 0 bridgehead atoms. The lowest BCUT2D eigenvalue weighted by Gasteiger charge is -2.27. The monoisotopic (exact) mass is 407 g/mol. The molecule has 0 fully saturated rings. The molecule has 0 saturated carbocycles. The van der Waals surface area contributed by atoms with Crippen LogP contribution in [0.15, 0.2) is 53.1 Å². The molecular weight excluding hydrogens is 390 g/mol. The van der Waals surface area contributed by atoms with Crippen LogP contribution in [-0.4, -0.2) is 26.9 Å². The van der Waals surface area contributed by atoms with E-state index in [4.69, 9.17) is 0 Å². The molecule has 2 aromatic carbocycles. The third kappa shape index (κ3) is 2.23. The van der Waals surface area contributed by atoms with Crippen LogP contribution in [0.1, 0.15) is 21.6 Å². The van der Waals surface area contributed by atoms with Gasteiger partial charge in [-0.05, 0) is 40.2 Å². The molecule has 0 saturated heterocycles. The number of carbonyl (C=O) groups is 1. The SMILES string of the molecule is Cn1ccc2c(C(=O)N3CCc4[nH]c5c(Br)cccc5c4C3)cccc21. The first-order valence-electron chi connectivity index (χ1n) is 8.75. The van der Waals surface area contributed by atoms with Crippen LogP contribution in [0.5, 0.6) is 0 Å². The quantitative estimate of drug-likeness (QED) is 0.491. The molecule has 1 N–H and O–H groups in total. The average molecular weight is 408 g/mol. The van der Waals surface area contributed by atoms with Crippen LogP contribution in [0, 0.1) is 0 Å². The second kappa shape index (κ2) is 5.74. The Morgan fingerprint density at radius 2 is 1.96 bits per heavy atom. The van der Waals surface area contributed by atoms with Gasteiger partial charge in [0, 0.05) is 70.3 Å². The van der Waals surface area contributed by atoms with Gasteiger partial charge in [0.2, 0.25) is 0 Å². The number of aryl methyl sites for hydroxylation is 1. The maximum Gasteiger partial charge on any atom is 0.254 e. The number of para-hydroxylation sites is 1. The number of nitrogens with one attached hydrogen (secondary N) is 1. The van der Waals surface area contributed by atoms with E-state index in [1.165, 1.54) is 16.6 Å². The number of H-pyrrole nitrogens is 1. The molecule has 130 valence electrons. The molecule has 26 heavy (non-hydrogen) atoms. The second-order valence-corrected chi connectivity index (χ2v) is 7.74. The summed E-state index contributed by atoms with van der Waals surface area (Å²) in [4.78, 5) is 18.8. The number of amides is 1. The van der Waals surface area contributed by atoms with Crippen LogP contribution in [0.2, 0.25) is 0 Å². The van der Waals surface area contributed by atoms with Crippen LogP contribution in [0.25, 0.3) is 21.8 Å². The van der Waals surface area contributed by atoms with Crippen molar-refractivity contribution in [1.29, 1.82) is 0 Å². The van der Waals surface area contributed by atoms with Gasteiger partial charge in [-0.15, -0.1) is 0 Å². The zero-order valence-electron chi connectivity index (χ0n) is 14.4. The molecular formula is C21H18BrN3O. The number of fused-ring (bicyclic) bond motifs is 4. The Morgan fingerprint density at radius 3 is 2.85 bits per heavy atom. The smallest absolute Gasteiger partial charge is 0.254 e. The van der Waals surface area contributed by atoms with Crippen molar-refractivity contribution < 1.29 is 4.79 Å². The summed E-state index contributed by atoms with van der Waals surface area (Å²) < 4.78 is 3.12. The number of rotatable bonds is 1. The van der Waals surface area contributed by atoms with Crippen molar-refractivity contribution in [3.05, 3.63) is 70.0 Å². The molecule has 4 aromatic rings. The van der Waals surface area contributed by atoms with Crippen molar-refractivity contribution in [2.24, 2.45) is 7.05 Å². The number of carbonyl (C=O) groups excluding carboxylic acids is 1. The van der Waals surface area contributed by atoms with Crippen LogP contribution in [-0.2, 0) is 20.0 Å². The number of aromatic amines is 1. The Balaban J connectivity index is 1.55. The number of hydrogen-bond donors (Lipinski definition) is 1. The summed E-state index contributed by atoms with van der Waals surface area (Å²) in [5.74, 6) is 0.108. The topological polar surface area (TPSA) is 41.0 Å². The maximum atomic E-state index is 13.3. The van der Waals surface area contributed by atoms with E-state index in [1.807, 2.05) is 48.5 Å². The lowest BCUT2D eigenvalue weighted by atomic mass is 10.0. The molecule has 3 heterocycles. The lowest BCUT2D eigenvalue weighted by Crippen LogP contribution is -2.35. The van der Waals surface area contributed by atoms with E-state index in [-0.39, 0.29) is 5.91 Å². The van der Waals surface area contributed by atoms with Gasteiger partial charge >= 0.3 is 0 Å². The van der Waals surface area contributed by atoms with Crippen LogP contribution in [0.4, 0.5) is 0 Å². The largest absolute Gasteiger partial charge is 0.357 e. The van der Waals surface area contributed by atoms with E-state index in [0.717, 1.165) is 39.4 Å². The van der Waals surface area contributed by atoms with Gasteiger partial charge in [-0.3, -0.25) is 4.79 Å².